The molecule has 3 saturated carbocycles. The third-order valence-electron chi connectivity index (χ3n) is 6.07. The lowest BCUT2D eigenvalue weighted by Crippen LogP contribution is -2.56. The summed E-state index contributed by atoms with van der Waals surface area (Å²) in [7, 11) is 0. The number of hydrogen-bond donors (Lipinski definition) is 3. The van der Waals surface area contributed by atoms with E-state index in [2.05, 4.69) is 10.3 Å². The molecule has 0 amide bonds. The van der Waals surface area contributed by atoms with E-state index in [0.717, 1.165) is 55.1 Å². The number of nitrogens with one attached hydrogen (secondary N) is 1. The highest BCUT2D eigenvalue weighted by Gasteiger charge is 2.52. The Kier molecular flexibility index (Phi) is 3.49. The number of fused-ring (bicyclic) bond motifs is 4. The number of carboxylic acid groups (broad SMARTS) is 1. The fourth-order valence-electron chi connectivity index (χ4n) is 4.30. The summed E-state index contributed by atoms with van der Waals surface area (Å²) in [6, 6.07) is 9.16. The quantitative estimate of drug-likeness (QED) is 0.803. The van der Waals surface area contributed by atoms with E-state index in [9.17, 15) is 15.0 Å². The first-order valence-corrected chi connectivity index (χ1v) is 8.58. The molecule has 2 bridgehead atoms. The molecule has 3 aliphatic carbocycles. The Morgan fingerprint density at radius 2 is 1.79 bits per heavy atom. The van der Waals surface area contributed by atoms with Crippen LogP contribution in [0.1, 0.15) is 44.2 Å². The first kappa shape index (κ1) is 15.4. The number of pyridine rings is 1. The molecule has 1 aromatic carbocycles. The maximum Gasteiger partial charge on any atom is 0.309 e. The molecule has 0 atom stereocenters. The molecule has 126 valence electrons. The molecular formula is C19H22N2O3. The molecule has 5 heteroatoms. The summed E-state index contributed by atoms with van der Waals surface area (Å²) in [6.45, 7) is 0.691. The van der Waals surface area contributed by atoms with Crippen LogP contribution in [-0.4, -0.2) is 26.7 Å². The molecule has 3 aliphatic rings. The van der Waals surface area contributed by atoms with Gasteiger partial charge in [-0.1, -0.05) is 6.07 Å². The Labute approximate surface area is 140 Å². The minimum Gasteiger partial charge on any atom is -0.508 e. The van der Waals surface area contributed by atoms with Crippen molar-refractivity contribution in [3.05, 3.63) is 36.0 Å². The van der Waals surface area contributed by atoms with Crippen LogP contribution in [-0.2, 0) is 11.3 Å². The van der Waals surface area contributed by atoms with Gasteiger partial charge < -0.3 is 15.5 Å². The third-order valence-corrected chi connectivity index (χ3v) is 6.07. The maximum absolute atomic E-state index is 11.5. The summed E-state index contributed by atoms with van der Waals surface area (Å²) in [6.07, 6.45) is 5.13. The average Bonchev–Trinajstić information content (AvgIpc) is 2.61. The second kappa shape index (κ2) is 5.45. The molecule has 0 aliphatic heterocycles. The minimum absolute atomic E-state index is 0.0722. The molecule has 0 spiro atoms. The van der Waals surface area contributed by atoms with E-state index < -0.39 is 11.4 Å². The summed E-state index contributed by atoms with van der Waals surface area (Å²) in [5.41, 5.74) is 1.46. The summed E-state index contributed by atoms with van der Waals surface area (Å²) < 4.78 is 0. The Morgan fingerprint density at radius 3 is 2.46 bits per heavy atom. The number of hydrogen-bond acceptors (Lipinski definition) is 4. The molecule has 0 saturated heterocycles. The third kappa shape index (κ3) is 2.53. The number of benzene rings is 1. The van der Waals surface area contributed by atoms with Gasteiger partial charge in [-0.25, -0.2) is 0 Å². The summed E-state index contributed by atoms with van der Waals surface area (Å²) in [5, 5.41) is 23.6. The van der Waals surface area contributed by atoms with E-state index in [-0.39, 0.29) is 11.3 Å². The van der Waals surface area contributed by atoms with Crippen LogP contribution < -0.4 is 5.32 Å². The lowest BCUT2D eigenvalue weighted by atomic mass is 9.57. The minimum atomic E-state index is -0.616. The van der Waals surface area contributed by atoms with Crippen LogP contribution in [0.5, 0.6) is 5.75 Å². The Balaban J connectivity index is 1.46. The van der Waals surface area contributed by atoms with Crippen molar-refractivity contribution in [2.75, 3.05) is 0 Å². The molecule has 3 fully saturated rings. The second-order valence-corrected chi connectivity index (χ2v) is 7.40. The van der Waals surface area contributed by atoms with Crippen LogP contribution >= 0.6 is 0 Å². The standard InChI is InChI=1S/C19H22N2O3/c22-15-3-4-16-13(11-15)1-2-14(21-16)12-20-19-8-5-18(6-9-19,7-10-19)17(23)24/h1-4,11,20,22H,5-10,12H2,(H,23,24). The highest BCUT2D eigenvalue weighted by molar-refractivity contribution is 5.80. The first-order valence-electron chi connectivity index (χ1n) is 8.58. The SMILES string of the molecule is O=C(O)C12CCC(NCc3ccc4cc(O)ccc4n3)(CC1)CC2. The van der Waals surface area contributed by atoms with Gasteiger partial charge in [0.25, 0.3) is 0 Å². The number of phenols is 1. The zero-order chi connectivity index (χ0) is 16.8. The van der Waals surface area contributed by atoms with Crippen LogP contribution in [0.4, 0.5) is 0 Å². The van der Waals surface area contributed by atoms with Gasteiger partial charge in [-0.2, -0.15) is 0 Å². The number of carboxylic acids is 1. The van der Waals surface area contributed by atoms with Gasteiger partial charge in [-0.05, 0) is 62.8 Å². The number of rotatable bonds is 4. The fourth-order valence-corrected chi connectivity index (χ4v) is 4.30. The molecule has 2 aromatic rings. The van der Waals surface area contributed by atoms with Crippen molar-refractivity contribution in [2.24, 2.45) is 5.41 Å². The van der Waals surface area contributed by atoms with Crippen LogP contribution in [0.15, 0.2) is 30.3 Å². The highest BCUT2D eigenvalue weighted by Crippen LogP contribution is 2.52. The maximum atomic E-state index is 11.5. The van der Waals surface area contributed by atoms with Crippen LogP contribution in [0.2, 0.25) is 0 Å². The zero-order valence-corrected chi connectivity index (χ0v) is 13.6. The molecular weight excluding hydrogens is 304 g/mol. The predicted molar refractivity (Wildman–Crippen MR) is 90.7 cm³/mol. The van der Waals surface area contributed by atoms with Gasteiger partial charge in [0.05, 0.1) is 16.6 Å². The normalized spacial score (nSPS) is 29.0. The van der Waals surface area contributed by atoms with Crippen molar-refractivity contribution in [1.29, 1.82) is 0 Å². The molecule has 3 N–H and O–H groups in total. The number of aromatic nitrogens is 1. The van der Waals surface area contributed by atoms with Crippen molar-refractivity contribution < 1.29 is 15.0 Å². The monoisotopic (exact) mass is 326 g/mol. The van der Waals surface area contributed by atoms with Crippen molar-refractivity contribution >= 4 is 16.9 Å². The van der Waals surface area contributed by atoms with Crippen molar-refractivity contribution in [3.63, 3.8) is 0 Å². The summed E-state index contributed by atoms with van der Waals surface area (Å²) in [5.74, 6) is -0.365. The van der Waals surface area contributed by atoms with Gasteiger partial charge in [0, 0.05) is 17.5 Å². The van der Waals surface area contributed by atoms with E-state index in [0.29, 0.717) is 6.54 Å². The topological polar surface area (TPSA) is 82.5 Å². The molecule has 0 radical (unpaired) electrons. The van der Waals surface area contributed by atoms with Gasteiger partial charge in [-0.15, -0.1) is 0 Å². The van der Waals surface area contributed by atoms with E-state index in [4.69, 9.17) is 0 Å². The van der Waals surface area contributed by atoms with Gasteiger partial charge in [-0.3, -0.25) is 9.78 Å². The summed E-state index contributed by atoms with van der Waals surface area (Å²) >= 11 is 0. The number of carbonyl (C=O) groups is 1. The number of phenolic OH excluding ortho intramolecular Hbond substituents is 1. The molecule has 1 heterocycles. The smallest absolute Gasteiger partial charge is 0.309 e. The van der Waals surface area contributed by atoms with Crippen LogP contribution in [0.25, 0.3) is 10.9 Å². The summed E-state index contributed by atoms with van der Waals surface area (Å²) in [4.78, 5) is 16.2. The molecule has 5 rings (SSSR count). The fraction of sp³-hybridized carbons (Fsp3) is 0.474. The van der Waals surface area contributed by atoms with Crippen LogP contribution in [0.3, 0.4) is 0 Å². The lowest BCUT2D eigenvalue weighted by molar-refractivity contribution is -0.156. The van der Waals surface area contributed by atoms with Gasteiger partial charge in [0.1, 0.15) is 5.75 Å². The van der Waals surface area contributed by atoms with Crippen molar-refractivity contribution in [3.8, 4) is 5.75 Å². The van der Waals surface area contributed by atoms with Crippen LogP contribution in [0, 0.1) is 5.41 Å². The molecule has 0 unspecified atom stereocenters. The highest BCUT2D eigenvalue weighted by atomic mass is 16.4. The van der Waals surface area contributed by atoms with Gasteiger partial charge in [0.15, 0.2) is 0 Å². The zero-order valence-electron chi connectivity index (χ0n) is 13.6. The van der Waals surface area contributed by atoms with E-state index in [1.54, 1.807) is 12.1 Å². The predicted octanol–water partition coefficient (Wildman–Crippen LogP) is 3.21. The van der Waals surface area contributed by atoms with E-state index in [1.807, 2.05) is 18.2 Å². The van der Waals surface area contributed by atoms with Gasteiger partial charge >= 0.3 is 5.97 Å². The Bertz CT molecular complexity index is 778. The molecule has 5 nitrogen and oxygen atoms in total. The Morgan fingerprint density at radius 1 is 1.08 bits per heavy atom. The molecule has 1 aromatic heterocycles. The van der Waals surface area contributed by atoms with E-state index >= 15 is 0 Å². The van der Waals surface area contributed by atoms with Crippen molar-refractivity contribution in [1.82, 2.24) is 10.3 Å². The number of aliphatic carboxylic acids is 1. The number of aromatic hydroxyl groups is 1. The lowest BCUT2D eigenvalue weighted by Gasteiger charge is -2.51. The largest absolute Gasteiger partial charge is 0.508 e. The second-order valence-electron chi connectivity index (χ2n) is 7.40. The first-order chi connectivity index (χ1) is 11.5. The van der Waals surface area contributed by atoms with E-state index in [1.165, 1.54) is 0 Å². The number of nitrogens with zero attached hydrogens (tertiary/aromatic N) is 1. The molecule has 24 heavy (non-hydrogen) atoms. The van der Waals surface area contributed by atoms with Crippen molar-refractivity contribution in [2.45, 2.75) is 50.6 Å². The van der Waals surface area contributed by atoms with Gasteiger partial charge in [0.2, 0.25) is 0 Å². The average molecular weight is 326 g/mol. The Hall–Kier alpha value is -2.14.